The molecule has 2 atom stereocenters. The number of unbranched alkanes of at least 4 members (excludes halogenated alkanes) is 39. The highest BCUT2D eigenvalue weighted by Gasteiger charge is 2.19. The second kappa shape index (κ2) is 53.8. The zero-order valence-electron chi connectivity index (χ0n) is 46.0. The Labute approximate surface area is 418 Å². The maximum absolute atomic E-state index is 12.8. The maximum Gasteiger partial charge on any atom is 0.306 e. The average molecular weight is 948 g/mol. The number of carbonyl (C=O) groups is 3. The minimum absolute atomic E-state index is 0.0624. The minimum Gasteiger partial charge on any atom is -0.462 e. The monoisotopic (exact) mass is 947 g/mol. The van der Waals surface area contributed by atoms with E-state index in [0.717, 1.165) is 69.6 Å². The highest BCUT2D eigenvalue weighted by atomic mass is 16.6. The third-order valence-corrected chi connectivity index (χ3v) is 14.3. The Morgan fingerprint density at radius 1 is 0.313 bits per heavy atom. The van der Waals surface area contributed by atoms with E-state index in [0.29, 0.717) is 19.3 Å². The quantitative estimate of drug-likeness (QED) is 0.0343. The fourth-order valence-electron chi connectivity index (χ4n) is 9.37. The molecule has 0 aromatic rings. The molecule has 6 nitrogen and oxygen atoms in total. The normalized spacial score (nSPS) is 12.4. The Balaban J connectivity index is 4.17. The summed E-state index contributed by atoms with van der Waals surface area (Å²) in [6.45, 7) is 11.5. The van der Waals surface area contributed by atoms with Crippen LogP contribution < -0.4 is 0 Å². The summed E-state index contributed by atoms with van der Waals surface area (Å²) in [6, 6.07) is 0. The third kappa shape index (κ3) is 53.6. The first-order chi connectivity index (χ1) is 32.8. The third-order valence-electron chi connectivity index (χ3n) is 14.3. The van der Waals surface area contributed by atoms with Crippen LogP contribution in [0.2, 0.25) is 0 Å². The molecule has 6 heteroatoms. The summed E-state index contributed by atoms with van der Waals surface area (Å²) >= 11 is 0. The van der Waals surface area contributed by atoms with Crippen molar-refractivity contribution in [1.82, 2.24) is 0 Å². The van der Waals surface area contributed by atoms with Crippen molar-refractivity contribution >= 4 is 17.9 Å². The van der Waals surface area contributed by atoms with Crippen molar-refractivity contribution in [2.45, 2.75) is 349 Å². The van der Waals surface area contributed by atoms with E-state index in [1.165, 1.54) is 231 Å². The minimum atomic E-state index is -0.762. The van der Waals surface area contributed by atoms with Crippen LogP contribution in [0.1, 0.15) is 343 Å². The molecule has 0 aliphatic carbocycles. The topological polar surface area (TPSA) is 78.9 Å². The summed E-state index contributed by atoms with van der Waals surface area (Å²) in [5, 5.41) is 0. The first-order valence-corrected chi connectivity index (χ1v) is 30.3. The van der Waals surface area contributed by atoms with E-state index >= 15 is 0 Å². The lowest BCUT2D eigenvalue weighted by Crippen LogP contribution is -2.30. The predicted molar refractivity (Wildman–Crippen MR) is 289 cm³/mol. The number of hydrogen-bond donors (Lipinski definition) is 0. The molecule has 0 aromatic carbocycles. The van der Waals surface area contributed by atoms with E-state index in [9.17, 15) is 14.4 Å². The maximum atomic E-state index is 12.8. The van der Waals surface area contributed by atoms with Gasteiger partial charge in [-0.1, -0.05) is 304 Å². The van der Waals surface area contributed by atoms with Crippen LogP contribution in [-0.4, -0.2) is 37.2 Å². The summed E-state index contributed by atoms with van der Waals surface area (Å²) in [5.74, 6) is 0.919. The van der Waals surface area contributed by atoms with E-state index in [1.807, 2.05) is 0 Å². The standard InChI is InChI=1S/C61H118O6/c1-6-8-9-10-11-29-36-41-46-51-59(62)65-54-58(67-61(64)53-48-43-38-33-28-24-20-16-17-21-25-30-34-39-44-49-56(3)4)55-66-60(63)52-47-42-37-32-27-23-19-15-13-12-14-18-22-26-31-35-40-45-50-57(5)7-2/h56-58H,6-55H2,1-5H3/t57?,58-/m0/s1. The lowest BCUT2D eigenvalue weighted by atomic mass is 9.99. The van der Waals surface area contributed by atoms with Gasteiger partial charge in [0, 0.05) is 19.3 Å². The van der Waals surface area contributed by atoms with Crippen molar-refractivity contribution in [2.75, 3.05) is 13.2 Å². The van der Waals surface area contributed by atoms with Gasteiger partial charge in [0.25, 0.3) is 0 Å². The van der Waals surface area contributed by atoms with Crippen molar-refractivity contribution in [1.29, 1.82) is 0 Å². The van der Waals surface area contributed by atoms with Crippen LogP contribution in [0.25, 0.3) is 0 Å². The number of hydrogen-bond acceptors (Lipinski definition) is 6. The van der Waals surface area contributed by atoms with Crippen LogP contribution in [0, 0.1) is 11.8 Å². The highest BCUT2D eigenvalue weighted by Crippen LogP contribution is 2.19. The highest BCUT2D eigenvalue weighted by molar-refractivity contribution is 5.71. The van der Waals surface area contributed by atoms with E-state index in [2.05, 4.69) is 34.6 Å². The molecule has 0 heterocycles. The molecule has 0 aliphatic heterocycles. The van der Waals surface area contributed by atoms with Crippen LogP contribution in [0.4, 0.5) is 0 Å². The van der Waals surface area contributed by atoms with Gasteiger partial charge < -0.3 is 14.2 Å². The van der Waals surface area contributed by atoms with Gasteiger partial charge in [0.05, 0.1) is 0 Å². The molecule has 0 aromatic heterocycles. The zero-order valence-corrected chi connectivity index (χ0v) is 46.0. The van der Waals surface area contributed by atoms with Gasteiger partial charge >= 0.3 is 17.9 Å². The van der Waals surface area contributed by atoms with Gasteiger partial charge in [0.15, 0.2) is 6.10 Å². The molecule has 0 rings (SSSR count). The number of esters is 3. The number of ether oxygens (including phenoxy) is 3. The SMILES string of the molecule is CCCCCCCCCCCC(=O)OC[C@@H](COC(=O)CCCCCCCCCCCCCCCCCCCCC(C)CC)OC(=O)CCCCCCCCCCCCCCCCCC(C)C. The smallest absolute Gasteiger partial charge is 0.306 e. The van der Waals surface area contributed by atoms with Crippen molar-refractivity contribution in [2.24, 2.45) is 11.8 Å². The van der Waals surface area contributed by atoms with Crippen LogP contribution in [-0.2, 0) is 28.6 Å². The molecule has 0 N–H and O–H groups in total. The second-order valence-corrected chi connectivity index (χ2v) is 21.7. The van der Waals surface area contributed by atoms with Crippen LogP contribution in [0.15, 0.2) is 0 Å². The Hall–Kier alpha value is -1.59. The molecule has 0 bridgehead atoms. The molecule has 398 valence electrons. The first-order valence-electron chi connectivity index (χ1n) is 30.3. The van der Waals surface area contributed by atoms with Gasteiger partial charge in [0.1, 0.15) is 13.2 Å². The van der Waals surface area contributed by atoms with Crippen molar-refractivity contribution in [3.05, 3.63) is 0 Å². The average Bonchev–Trinajstić information content (AvgIpc) is 3.31. The Kier molecular flexibility index (Phi) is 52.5. The number of rotatable bonds is 55. The molecular formula is C61H118O6. The molecule has 67 heavy (non-hydrogen) atoms. The summed E-state index contributed by atoms with van der Waals surface area (Å²) < 4.78 is 16.9. The van der Waals surface area contributed by atoms with Gasteiger partial charge in [-0.2, -0.15) is 0 Å². The lowest BCUT2D eigenvalue weighted by Gasteiger charge is -2.18. The largest absolute Gasteiger partial charge is 0.462 e. The summed E-state index contributed by atoms with van der Waals surface area (Å²) in [5.41, 5.74) is 0. The van der Waals surface area contributed by atoms with Crippen molar-refractivity contribution in [3.8, 4) is 0 Å². The lowest BCUT2D eigenvalue weighted by molar-refractivity contribution is -0.167. The second-order valence-electron chi connectivity index (χ2n) is 21.7. The molecule has 0 fully saturated rings. The molecular weight excluding hydrogens is 829 g/mol. The van der Waals surface area contributed by atoms with Gasteiger partial charge in [-0.15, -0.1) is 0 Å². The Morgan fingerprint density at radius 3 is 0.851 bits per heavy atom. The van der Waals surface area contributed by atoms with Gasteiger partial charge in [0.2, 0.25) is 0 Å². The van der Waals surface area contributed by atoms with Gasteiger partial charge in [-0.05, 0) is 31.1 Å². The fourth-order valence-corrected chi connectivity index (χ4v) is 9.37. The summed E-state index contributed by atoms with van der Waals surface area (Å²) in [4.78, 5) is 38.1. The first kappa shape index (κ1) is 65.4. The zero-order chi connectivity index (χ0) is 48.9. The van der Waals surface area contributed by atoms with Crippen LogP contribution in [0.5, 0.6) is 0 Å². The molecule has 0 saturated heterocycles. The molecule has 0 aliphatic rings. The molecule has 0 radical (unpaired) electrons. The number of carbonyl (C=O) groups excluding carboxylic acids is 3. The van der Waals surface area contributed by atoms with Crippen LogP contribution >= 0.6 is 0 Å². The van der Waals surface area contributed by atoms with E-state index < -0.39 is 6.10 Å². The Bertz CT molecular complexity index is 1030. The summed E-state index contributed by atoms with van der Waals surface area (Å²) in [6.07, 6.45) is 58.2. The Morgan fingerprint density at radius 2 is 0.567 bits per heavy atom. The fraction of sp³-hybridized carbons (Fsp3) is 0.951. The van der Waals surface area contributed by atoms with Crippen molar-refractivity contribution < 1.29 is 28.6 Å². The van der Waals surface area contributed by atoms with Gasteiger partial charge in [-0.25, -0.2) is 0 Å². The van der Waals surface area contributed by atoms with E-state index in [-0.39, 0.29) is 31.1 Å². The van der Waals surface area contributed by atoms with Crippen molar-refractivity contribution in [3.63, 3.8) is 0 Å². The van der Waals surface area contributed by atoms with Gasteiger partial charge in [-0.3, -0.25) is 14.4 Å². The molecule has 0 saturated carbocycles. The predicted octanol–water partition coefficient (Wildman–Crippen LogP) is 20.0. The molecule has 1 unspecified atom stereocenters. The van der Waals surface area contributed by atoms with E-state index in [1.54, 1.807) is 0 Å². The summed E-state index contributed by atoms with van der Waals surface area (Å²) in [7, 11) is 0. The molecule has 0 amide bonds. The molecule has 0 spiro atoms. The van der Waals surface area contributed by atoms with E-state index in [4.69, 9.17) is 14.2 Å². The van der Waals surface area contributed by atoms with Crippen LogP contribution in [0.3, 0.4) is 0 Å².